The molecule has 0 atom stereocenters. The average molecular weight is 194 g/mol. The van der Waals surface area contributed by atoms with Crippen LogP contribution in [0.2, 0.25) is 0 Å². The van der Waals surface area contributed by atoms with Gasteiger partial charge in [-0.25, -0.2) is 0 Å². The van der Waals surface area contributed by atoms with Crippen molar-refractivity contribution in [3.63, 3.8) is 0 Å². The number of ether oxygens (including phenoxy) is 2. The molecule has 0 fully saturated rings. The van der Waals surface area contributed by atoms with Crippen LogP contribution in [0.5, 0.6) is 5.75 Å². The van der Waals surface area contributed by atoms with Gasteiger partial charge in [0.2, 0.25) is 0 Å². The molecule has 1 aromatic carbocycles. The van der Waals surface area contributed by atoms with Crippen LogP contribution in [-0.4, -0.2) is 26.6 Å². The molecule has 1 aromatic rings. The van der Waals surface area contributed by atoms with Crippen LogP contribution in [0.4, 0.5) is 0 Å². The third-order valence-corrected chi connectivity index (χ3v) is 1.95. The van der Waals surface area contributed by atoms with Gasteiger partial charge in [0.05, 0.1) is 13.7 Å². The van der Waals surface area contributed by atoms with E-state index in [-0.39, 0.29) is 5.78 Å². The summed E-state index contributed by atoms with van der Waals surface area (Å²) in [4.78, 5) is 11.5. The van der Waals surface area contributed by atoms with Gasteiger partial charge >= 0.3 is 0 Å². The summed E-state index contributed by atoms with van der Waals surface area (Å²) in [7, 11) is 3.18. The van der Waals surface area contributed by atoms with E-state index < -0.39 is 0 Å². The Balaban J connectivity index is 2.62. The maximum Gasteiger partial charge on any atom is 0.165 e. The zero-order chi connectivity index (χ0) is 10.4. The van der Waals surface area contributed by atoms with Gasteiger partial charge in [0, 0.05) is 19.1 Å². The second-order valence-corrected chi connectivity index (χ2v) is 2.89. The van der Waals surface area contributed by atoms with Gasteiger partial charge in [-0.2, -0.15) is 0 Å². The van der Waals surface area contributed by atoms with Crippen LogP contribution < -0.4 is 4.74 Å². The summed E-state index contributed by atoms with van der Waals surface area (Å²) >= 11 is 0. The Morgan fingerprint density at radius 2 is 1.86 bits per heavy atom. The molecule has 0 saturated carbocycles. The topological polar surface area (TPSA) is 35.5 Å². The van der Waals surface area contributed by atoms with Gasteiger partial charge in [0.25, 0.3) is 0 Å². The molecular weight excluding hydrogens is 180 g/mol. The summed E-state index contributed by atoms with van der Waals surface area (Å²) in [5.74, 6) is 0.850. The van der Waals surface area contributed by atoms with Crippen LogP contribution in [0, 0.1) is 0 Å². The molecule has 76 valence electrons. The highest BCUT2D eigenvalue weighted by atomic mass is 16.5. The fourth-order valence-corrected chi connectivity index (χ4v) is 1.12. The monoisotopic (exact) mass is 194 g/mol. The van der Waals surface area contributed by atoms with E-state index in [1.54, 1.807) is 38.5 Å². The SMILES string of the molecule is COCCC(=O)c1ccc(OC)cc1. The highest BCUT2D eigenvalue weighted by Crippen LogP contribution is 2.12. The van der Waals surface area contributed by atoms with Crippen molar-refractivity contribution in [3.05, 3.63) is 29.8 Å². The Kier molecular flexibility index (Phi) is 4.13. The number of Topliss-reactive ketones (excluding diaryl/α,β-unsaturated/α-hetero) is 1. The van der Waals surface area contributed by atoms with E-state index in [0.717, 1.165) is 5.75 Å². The van der Waals surface area contributed by atoms with Crippen LogP contribution in [0.1, 0.15) is 16.8 Å². The number of carbonyl (C=O) groups is 1. The Morgan fingerprint density at radius 1 is 1.21 bits per heavy atom. The maximum absolute atomic E-state index is 11.5. The quantitative estimate of drug-likeness (QED) is 0.672. The third-order valence-electron chi connectivity index (χ3n) is 1.95. The number of carbonyl (C=O) groups excluding carboxylic acids is 1. The van der Waals surface area contributed by atoms with Gasteiger partial charge in [-0.05, 0) is 24.3 Å². The standard InChI is InChI=1S/C11H14O3/c1-13-8-7-11(12)9-3-5-10(14-2)6-4-9/h3-6H,7-8H2,1-2H3. The van der Waals surface area contributed by atoms with E-state index in [2.05, 4.69) is 0 Å². The summed E-state index contributed by atoms with van der Waals surface area (Å²) in [5.41, 5.74) is 0.697. The molecule has 0 bridgehead atoms. The van der Waals surface area contributed by atoms with E-state index >= 15 is 0 Å². The molecular formula is C11H14O3. The van der Waals surface area contributed by atoms with Crippen LogP contribution in [-0.2, 0) is 4.74 Å². The lowest BCUT2D eigenvalue weighted by Crippen LogP contribution is -2.02. The summed E-state index contributed by atoms with van der Waals surface area (Å²) in [6.45, 7) is 0.463. The summed E-state index contributed by atoms with van der Waals surface area (Å²) < 4.78 is 9.83. The fourth-order valence-electron chi connectivity index (χ4n) is 1.12. The molecule has 3 heteroatoms. The van der Waals surface area contributed by atoms with E-state index in [0.29, 0.717) is 18.6 Å². The Morgan fingerprint density at radius 3 is 2.36 bits per heavy atom. The molecule has 0 heterocycles. The fraction of sp³-hybridized carbons (Fsp3) is 0.364. The molecule has 3 nitrogen and oxygen atoms in total. The van der Waals surface area contributed by atoms with Gasteiger partial charge in [0.1, 0.15) is 5.75 Å². The number of hydrogen-bond donors (Lipinski definition) is 0. The van der Waals surface area contributed by atoms with Gasteiger partial charge < -0.3 is 9.47 Å². The largest absolute Gasteiger partial charge is 0.497 e. The first-order valence-electron chi connectivity index (χ1n) is 4.44. The van der Waals surface area contributed by atoms with E-state index in [9.17, 15) is 4.79 Å². The number of benzene rings is 1. The lowest BCUT2D eigenvalue weighted by molar-refractivity contribution is 0.0932. The predicted molar refractivity (Wildman–Crippen MR) is 53.8 cm³/mol. The van der Waals surface area contributed by atoms with Crippen molar-refractivity contribution in [2.24, 2.45) is 0 Å². The molecule has 0 N–H and O–H groups in total. The second-order valence-electron chi connectivity index (χ2n) is 2.89. The van der Waals surface area contributed by atoms with Crippen LogP contribution in [0.3, 0.4) is 0 Å². The summed E-state index contributed by atoms with van der Waals surface area (Å²) in [6, 6.07) is 7.08. The molecule has 0 unspecified atom stereocenters. The summed E-state index contributed by atoms with van der Waals surface area (Å²) in [6.07, 6.45) is 0.419. The Hall–Kier alpha value is -1.35. The van der Waals surface area contributed by atoms with E-state index in [4.69, 9.17) is 9.47 Å². The minimum Gasteiger partial charge on any atom is -0.497 e. The zero-order valence-corrected chi connectivity index (χ0v) is 8.45. The third kappa shape index (κ3) is 2.85. The number of methoxy groups -OCH3 is 2. The average Bonchev–Trinajstić information content (AvgIpc) is 2.26. The summed E-state index contributed by atoms with van der Waals surface area (Å²) in [5, 5.41) is 0. The number of rotatable bonds is 5. The molecule has 0 aliphatic heterocycles. The van der Waals surface area contributed by atoms with Crippen molar-refractivity contribution in [3.8, 4) is 5.75 Å². The number of ketones is 1. The first kappa shape index (κ1) is 10.7. The van der Waals surface area contributed by atoms with E-state index in [1.165, 1.54) is 0 Å². The first-order valence-corrected chi connectivity index (χ1v) is 4.44. The lowest BCUT2D eigenvalue weighted by atomic mass is 10.1. The molecule has 0 aliphatic carbocycles. The first-order chi connectivity index (χ1) is 6.77. The molecule has 14 heavy (non-hydrogen) atoms. The molecule has 0 radical (unpaired) electrons. The minimum atomic E-state index is 0.0921. The molecule has 0 saturated heterocycles. The van der Waals surface area contributed by atoms with Crippen molar-refractivity contribution in [2.45, 2.75) is 6.42 Å². The normalized spacial score (nSPS) is 9.86. The smallest absolute Gasteiger partial charge is 0.165 e. The van der Waals surface area contributed by atoms with Crippen LogP contribution in [0.25, 0.3) is 0 Å². The predicted octanol–water partition coefficient (Wildman–Crippen LogP) is 1.91. The lowest BCUT2D eigenvalue weighted by Gasteiger charge is -2.02. The van der Waals surface area contributed by atoms with Crippen molar-refractivity contribution in [1.29, 1.82) is 0 Å². The molecule has 0 aliphatic rings. The van der Waals surface area contributed by atoms with Gasteiger partial charge in [0.15, 0.2) is 5.78 Å². The minimum absolute atomic E-state index is 0.0921. The molecule has 1 rings (SSSR count). The van der Waals surface area contributed by atoms with Gasteiger partial charge in [-0.15, -0.1) is 0 Å². The molecule has 0 aromatic heterocycles. The van der Waals surface area contributed by atoms with Crippen molar-refractivity contribution in [2.75, 3.05) is 20.8 Å². The van der Waals surface area contributed by atoms with Crippen molar-refractivity contribution in [1.82, 2.24) is 0 Å². The van der Waals surface area contributed by atoms with Crippen LogP contribution in [0.15, 0.2) is 24.3 Å². The molecule has 0 spiro atoms. The van der Waals surface area contributed by atoms with Gasteiger partial charge in [-0.1, -0.05) is 0 Å². The second kappa shape index (κ2) is 5.40. The Labute approximate surface area is 83.6 Å². The highest BCUT2D eigenvalue weighted by molar-refractivity contribution is 5.96. The van der Waals surface area contributed by atoms with Crippen LogP contribution >= 0.6 is 0 Å². The highest BCUT2D eigenvalue weighted by Gasteiger charge is 2.04. The Bertz CT molecular complexity index is 290. The van der Waals surface area contributed by atoms with Crippen molar-refractivity contribution < 1.29 is 14.3 Å². The zero-order valence-electron chi connectivity index (χ0n) is 8.45. The molecule has 0 amide bonds. The maximum atomic E-state index is 11.5. The number of hydrogen-bond acceptors (Lipinski definition) is 3. The van der Waals surface area contributed by atoms with Crippen molar-refractivity contribution >= 4 is 5.78 Å². The van der Waals surface area contributed by atoms with E-state index in [1.807, 2.05) is 0 Å². The van der Waals surface area contributed by atoms with Gasteiger partial charge in [-0.3, -0.25) is 4.79 Å².